The quantitative estimate of drug-likeness (QED) is 0.443. The Morgan fingerprint density at radius 1 is 1.24 bits per heavy atom. The van der Waals surface area contributed by atoms with E-state index in [1.165, 1.54) is 19.3 Å². The van der Waals surface area contributed by atoms with Crippen molar-refractivity contribution in [2.45, 2.75) is 45.4 Å². The van der Waals surface area contributed by atoms with Gasteiger partial charge < -0.3 is 5.73 Å². The summed E-state index contributed by atoms with van der Waals surface area (Å²) in [5.41, 5.74) is 6.85. The van der Waals surface area contributed by atoms with Gasteiger partial charge >= 0.3 is 0 Å². The van der Waals surface area contributed by atoms with Crippen molar-refractivity contribution < 1.29 is 4.79 Å². The Hall–Kier alpha value is -1.02. The molecule has 3 heteroatoms. The summed E-state index contributed by atoms with van der Waals surface area (Å²) < 4.78 is 0. The molecule has 2 nitrogen and oxygen atoms in total. The second-order valence-corrected chi connectivity index (χ2v) is 4.76. The Balaban J connectivity index is 2.42. The molecule has 1 aromatic carbocycles. The zero-order valence-electron chi connectivity index (χ0n) is 10.3. The van der Waals surface area contributed by atoms with Gasteiger partial charge in [-0.2, -0.15) is 0 Å². The highest BCUT2D eigenvalue weighted by molar-refractivity contribution is 6.31. The van der Waals surface area contributed by atoms with E-state index in [9.17, 15) is 4.79 Å². The molecule has 2 N–H and O–H groups in total. The molecule has 94 valence electrons. The van der Waals surface area contributed by atoms with Crippen LogP contribution in [-0.4, -0.2) is 5.78 Å². The predicted molar refractivity (Wildman–Crippen MR) is 73.6 cm³/mol. The summed E-state index contributed by atoms with van der Waals surface area (Å²) in [6, 6.07) is 5.06. The summed E-state index contributed by atoms with van der Waals surface area (Å²) >= 11 is 5.79. The lowest BCUT2D eigenvalue weighted by atomic mass is 10.0. The molecule has 0 aliphatic rings. The Labute approximate surface area is 108 Å². The summed E-state index contributed by atoms with van der Waals surface area (Å²) in [5, 5.41) is 0.571. The van der Waals surface area contributed by atoms with Crippen LogP contribution < -0.4 is 5.73 Å². The fraction of sp³-hybridized carbons (Fsp3) is 0.500. The van der Waals surface area contributed by atoms with E-state index in [2.05, 4.69) is 6.92 Å². The molecule has 0 aliphatic carbocycles. The number of carbonyl (C=O) groups is 1. The average molecular weight is 254 g/mol. The molecular formula is C14H20ClNO. The number of halogens is 1. The fourth-order valence-corrected chi connectivity index (χ4v) is 1.99. The number of rotatable bonds is 7. The van der Waals surface area contributed by atoms with Gasteiger partial charge in [0.2, 0.25) is 0 Å². The first-order valence-electron chi connectivity index (χ1n) is 6.23. The van der Waals surface area contributed by atoms with E-state index in [-0.39, 0.29) is 5.78 Å². The number of hydrogen-bond donors (Lipinski definition) is 1. The Bertz CT molecular complexity index is 376. The first-order valence-corrected chi connectivity index (χ1v) is 6.61. The van der Waals surface area contributed by atoms with Gasteiger partial charge in [-0.15, -0.1) is 0 Å². The summed E-state index contributed by atoms with van der Waals surface area (Å²) in [6.07, 6.45) is 6.32. The van der Waals surface area contributed by atoms with Gasteiger partial charge in [-0.25, -0.2) is 0 Å². The standard InChI is InChI=1S/C14H20ClNO/c1-2-3-4-5-6-7-14(17)12-9-8-11(15)10-13(12)16/h8-10H,2-7,16H2,1H3. The molecule has 0 saturated heterocycles. The second kappa shape index (κ2) is 7.33. The number of nitrogen functional groups attached to an aromatic ring is 1. The Kier molecular flexibility index (Phi) is 6.06. The van der Waals surface area contributed by atoms with E-state index in [1.54, 1.807) is 18.2 Å². The molecule has 1 rings (SSSR count). The lowest BCUT2D eigenvalue weighted by Crippen LogP contribution is -2.03. The van der Waals surface area contributed by atoms with Gasteiger partial charge in [0, 0.05) is 22.7 Å². The third kappa shape index (κ3) is 4.78. The topological polar surface area (TPSA) is 43.1 Å². The van der Waals surface area contributed by atoms with Gasteiger partial charge in [-0.05, 0) is 24.6 Å². The van der Waals surface area contributed by atoms with Gasteiger partial charge in [0.15, 0.2) is 5.78 Å². The number of benzene rings is 1. The highest BCUT2D eigenvalue weighted by Crippen LogP contribution is 2.20. The number of anilines is 1. The lowest BCUT2D eigenvalue weighted by Gasteiger charge is -2.05. The minimum atomic E-state index is 0.121. The van der Waals surface area contributed by atoms with Gasteiger partial charge in [0.25, 0.3) is 0 Å². The Morgan fingerprint density at radius 2 is 1.94 bits per heavy atom. The maximum atomic E-state index is 11.9. The Morgan fingerprint density at radius 3 is 2.59 bits per heavy atom. The van der Waals surface area contributed by atoms with E-state index in [4.69, 9.17) is 17.3 Å². The maximum Gasteiger partial charge on any atom is 0.164 e. The molecule has 0 unspecified atom stereocenters. The number of unbranched alkanes of at least 4 members (excludes halogenated alkanes) is 4. The normalized spacial score (nSPS) is 10.5. The molecule has 0 amide bonds. The van der Waals surface area contributed by atoms with Crippen molar-refractivity contribution in [3.05, 3.63) is 28.8 Å². The molecule has 0 fully saturated rings. The average Bonchev–Trinajstić information content (AvgIpc) is 2.28. The maximum absolute atomic E-state index is 11.9. The molecule has 0 aromatic heterocycles. The summed E-state index contributed by atoms with van der Waals surface area (Å²) in [5.74, 6) is 0.121. The first kappa shape index (κ1) is 14.0. The minimum absolute atomic E-state index is 0.121. The largest absolute Gasteiger partial charge is 0.398 e. The third-order valence-electron chi connectivity index (χ3n) is 2.82. The number of nitrogens with two attached hydrogens (primary N) is 1. The van der Waals surface area contributed by atoms with Crippen LogP contribution in [0.5, 0.6) is 0 Å². The van der Waals surface area contributed by atoms with Gasteiger partial charge in [-0.3, -0.25) is 4.79 Å². The van der Waals surface area contributed by atoms with Crippen molar-refractivity contribution in [2.75, 3.05) is 5.73 Å². The van der Waals surface area contributed by atoms with Crippen LogP contribution in [0.2, 0.25) is 5.02 Å². The zero-order chi connectivity index (χ0) is 12.7. The van der Waals surface area contributed by atoms with Gasteiger partial charge in [0.1, 0.15) is 0 Å². The molecule has 17 heavy (non-hydrogen) atoms. The van der Waals surface area contributed by atoms with E-state index in [1.807, 2.05) is 0 Å². The third-order valence-corrected chi connectivity index (χ3v) is 3.06. The second-order valence-electron chi connectivity index (χ2n) is 4.32. The van der Waals surface area contributed by atoms with Crippen LogP contribution in [0.25, 0.3) is 0 Å². The molecule has 0 aliphatic heterocycles. The zero-order valence-corrected chi connectivity index (χ0v) is 11.1. The van der Waals surface area contributed by atoms with Crippen LogP contribution in [0.15, 0.2) is 18.2 Å². The van der Waals surface area contributed by atoms with Crippen LogP contribution in [0.4, 0.5) is 5.69 Å². The minimum Gasteiger partial charge on any atom is -0.398 e. The van der Waals surface area contributed by atoms with E-state index < -0.39 is 0 Å². The van der Waals surface area contributed by atoms with Gasteiger partial charge in [-0.1, -0.05) is 44.2 Å². The van der Waals surface area contributed by atoms with Crippen molar-refractivity contribution in [2.24, 2.45) is 0 Å². The van der Waals surface area contributed by atoms with Crippen LogP contribution in [0, 0.1) is 0 Å². The number of ketones is 1. The van der Waals surface area contributed by atoms with Crippen molar-refractivity contribution in [1.82, 2.24) is 0 Å². The van der Waals surface area contributed by atoms with Crippen LogP contribution in [0.1, 0.15) is 55.8 Å². The highest BCUT2D eigenvalue weighted by atomic mass is 35.5. The van der Waals surface area contributed by atoms with Crippen LogP contribution in [0.3, 0.4) is 0 Å². The predicted octanol–water partition coefficient (Wildman–Crippen LogP) is 4.47. The van der Waals surface area contributed by atoms with E-state index >= 15 is 0 Å². The monoisotopic (exact) mass is 253 g/mol. The number of hydrogen-bond acceptors (Lipinski definition) is 2. The summed E-state index contributed by atoms with van der Waals surface area (Å²) in [6.45, 7) is 2.18. The molecule has 0 spiro atoms. The highest BCUT2D eigenvalue weighted by Gasteiger charge is 2.09. The van der Waals surface area contributed by atoms with Crippen molar-refractivity contribution in [1.29, 1.82) is 0 Å². The summed E-state index contributed by atoms with van der Waals surface area (Å²) in [7, 11) is 0. The van der Waals surface area contributed by atoms with Crippen molar-refractivity contribution in [3.8, 4) is 0 Å². The molecule has 0 saturated carbocycles. The molecule has 0 bridgehead atoms. The first-order chi connectivity index (χ1) is 8.15. The van der Waals surface area contributed by atoms with Crippen LogP contribution >= 0.6 is 11.6 Å². The SMILES string of the molecule is CCCCCCCC(=O)c1ccc(Cl)cc1N. The smallest absolute Gasteiger partial charge is 0.164 e. The van der Waals surface area contributed by atoms with Crippen LogP contribution in [-0.2, 0) is 0 Å². The van der Waals surface area contributed by atoms with Gasteiger partial charge in [0.05, 0.1) is 0 Å². The number of Topliss-reactive ketones (excluding diaryl/α,β-unsaturated/α-hetero) is 1. The lowest BCUT2D eigenvalue weighted by molar-refractivity contribution is 0.0980. The van der Waals surface area contributed by atoms with Crippen molar-refractivity contribution in [3.63, 3.8) is 0 Å². The molecule has 1 aromatic rings. The van der Waals surface area contributed by atoms with Crippen molar-refractivity contribution >= 4 is 23.1 Å². The molecule has 0 radical (unpaired) electrons. The molecule has 0 heterocycles. The molecule has 0 atom stereocenters. The number of carbonyl (C=O) groups excluding carboxylic acids is 1. The van der Waals surface area contributed by atoms with E-state index in [0.29, 0.717) is 22.7 Å². The molecular weight excluding hydrogens is 234 g/mol. The fourth-order valence-electron chi connectivity index (χ4n) is 1.81. The van der Waals surface area contributed by atoms with E-state index in [0.717, 1.165) is 12.8 Å². The summed E-state index contributed by atoms with van der Waals surface area (Å²) in [4.78, 5) is 11.9.